The van der Waals surface area contributed by atoms with Crippen molar-refractivity contribution in [3.63, 3.8) is 0 Å². The summed E-state index contributed by atoms with van der Waals surface area (Å²) < 4.78 is 0.236. The first kappa shape index (κ1) is 13.0. The lowest BCUT2D eigenvalue weighted by Crippen LogP contribution is -2.06. The second-order valence-electron chi connectivity index (χ2n) is 3.90. The van der Waals surface area contributed by atoms with E-state index in [1.165, 1.54) is 0 Å². The molecule has 0 heterocycles. The van der Waals surface area contributed by atoms with Crippen molar-refractivity contribution >= 4 is 12.6 Å². The van der Waals surface area contributed by atoms with Gasteiger partial charge >= 0.3 is 0 Å². The van der Waals surface area contributed by atoms with Gasteiger partial charge in [-0.15, -0.1) is 0 Å². The molecule has 0 aliphatic carbocycles. The molecule has 0 aliphatic rings. The molecule has 0 nitrogen and oxygen atoms in total. The number of thiol groups is 1. The predicted octanol–water partition coefficient (Wildman–Crippen LogP) is 3.77. The van der Waals surface area contributed by atoms with E-state index in [-0.39, 0.29) is 4.75 Å². The second-order valence-corrected chi connectivity index (χ2v) is 5.11. The largest absolute Gasteiger partial charge is 0.173 e. The fourth-order valence-corrected chi connectivity index (χ4v) is 0. The van der Waals surface area contributed by atoms with E-state index in [1.807, 2.05) is 0 Å². The van der Waals surface area contributed by atoms with E-state index in [0.29, 0.717) is 0 Å². The molecular formula is C9H22S. The Morgan fingerprint density at radius 3 is 1.30 bits per heavy atom. The van der Waals surface area contributed by atoms with Gasteiger partial charge in [0.15, 0.2) is 0 Å². The van der Waals surface area contributed by atoms with Crippen molar-refractivity contribution in [1.29, 1.82) is 0 Å². The molecule has 0 spiro atoms. The Hall–Kier alpha value is 0.350. The molecule has 0 rings (SSSR count). The maximum atomic E-state index is 4.25. The van der Waals surface area contributed by atoms with E-state index in [4.69, 9.17) is 0 Å². The summed E-state index contributed by atoms with van der Waals surface area (Å²) >= 11 is 4.25. The van der Waals surface area contributed by atoms with Crippen LogP contribution < -0.4 is 0 Å². The minimum absolute atomic E-state index is 0.236. The molecule has 10 heavy (non-hydrogen) atoms. The third-order valence-corrected chi connectivity index (χ3v) is 1.18. The monoisotopic (exact) mass is 162 g/mol. The van der Waals surface area contributed by atoms with Gasteiger partial charge in [-0.25, -0.2) is 0 Å². The van der Waals surface area contributed by atoms with Crippen molar-refractivity contribution in [2.24, 2.45) is 5.92 Å². The zero-order chi connectivity index (χ0) is 8.78. The SMILES string of the molecule is CC(C)C.CCC(C)(C)S. The molecule has 0 bridgehead atoms. The van der Waals surface area contributed by atoms with Crippen LogP contribution in [0.4, 0.5) is 0 Å². The molecule has 0 aromatic carbocycles. The summed E-state index contributed by atoms with van der Waals surface area (Å²) in [5.41, 5.74) is 0. The smallest absolute Gasteiger partial charge is 0.00705 e. The molecule has 0 atom stereocenters. The standard InChI is InChI=1S/C5H12S.C4H10/c1-4-5(2,3)6;1-4(2)3/h6H,4H2,1-3H3;4H,1-3H3. The summed E-state index contributed by atoms with van der Waals surface area (Å²) in [7, 11) is 0. The highest BCUT2D eigenvalue weighted by Gasteiger charge is 2.04. The quantitative estimate of drug-likeness (QED) is 0.558. The van der Waals surface area contributed by atoms with Gasteiger partial charge in [0.2, 0.25) is 0 Å². The van der Waals surface area contributed by atoms with E-state index in [1.54, 1.807) is 0 Å². The van der Waals surface area contributed by atoms with Gasteiger partial charge in [-0.1, -0.05) is 41.5 Å². The van der Waals surface area contributed by atoms with E-state index in [0.717, 1.165) is 12.3 Å². The highest BCUT2D eigenvalue weighted by atomic mass is 32.1. The molecule has 0 aromatic heterocycles. The Labute approximate surface area is 71.8 Å². The molecule has 0 saturated carbocycles. The van der Waals surface area contributed by atoms with Crippen LogP contribution in [-0.2, 0) is 0 Å². The van der Waals surface area contributed by atoms with Gasteiger partial charge in [-0.2, -0.15) is 12.6 Å². The van der Waals surface area contributed by atoms with Crippen LogP contribution in [0.3, 0.4) is 0 Å². The molecule has 64 valence electrons. The van der Waals surface area contributed by atoms with Gasteiger partial charge in [0.1, 0.15) is 0 Å². The van der Waals surface area contributed by atoms with Crippen LogP contribution in [0, 0.1) is 5.92 Å². The van der Waals surface area contributed by atoms with Crippen LogP contribution >= 0.6 is 12.6 Å². The molecule has 0 saturated heterocycles. The molecule has 0 aliphatic heterocycles. The number of rotatable bonds is 1. The van der Waals surface area contributed by atoms with Gasteiger partial charge in [-0.3, -0.25) is 0 Å². The second kappa shape index (κ2) is 6.09. The van der Waals surface area contributed by atoms with Crippen molar-refractivity contribution < 1.29 is 0 Å². The number of hydrogen-bond acceptors (Lipinski definition) is 1. The fraction of sp³-hybridized carbons (Fsp3) is 1.00. The van der Waals surface area contributed by atoms with Crippen LogP contribution in [0.15, 0.2) is 0 Å². The highest BCUT2D eigenvalue weighted by Crippen LogP contribution is 2.14. The first-order valence-corrected chi connectivity index (χ1v) is 4.46. The lowest BCUT2D eigenvalue weighted by atomic mass is 10.1. The van der Waals surface area contributed by atoms with Gasteiger partial charge in [0, 0.05) is 4.75 Å². The summed E-state index contributed by atoms with van der Waals surface area (Å²) in [5.74, 6) is 0.833. The summed E-state index contributed by atoms with van der Waals surface area (Å²) in [5, 5.41) is 0. The van der Waals surface area contributed by atoms with Gasteiger partial charge < -0.3 is 0 Å². The molecule has 0 fully saturated rings. The van der Waals surface area contributed by atoms with Gasteiger partial charge in [0.05, 0.1) is 0 Å². The topological polar surface area (TPSA) is 0 Å². The normalized spacial score (nSPS) is 10.8. The molecule has 1 heteroatoms. The lowest BCUT2D eigenvalue weighted by molar-refractivity contribution is 0.691. The van der Waals surface area contributed by atoms with Gasteiger partial charge in [0.25, 0.3) is 0 Å². The summed E-state index contributed by atoms with van der Waals surface area (Å²) in [6, 6.07) is 0. The van der Waals surface area contributed by atoms with Crippen LogP contribution in [-0.4, -0.2) is 4.75 Å². The minimum atomic E-state index is 0.236. The molecule has 0 aromatic rings. The van der Waals surface area contributed by atoms with Crippen LogP contribution in [0.25, 0.3) is 0 Å². The summed E-state index contributed by atoms with van der Waals surface area (Å²) in [6.45, 7) is 12.8. The third kappa shape index (κ3) is 40.2. The first-order valence-electron chi connectivity index (χ1n) is 4.02. The zero-order valence-electron chi connectivity index (χ0n) is 8.23. The average Bonchev–Trinajstić information content (AvgIpc) is 1.63. The number of hydrogen-bond donors (Lipinski definition) is 1. The fourth-order valence-electron chi connectivity index (χ4n) is 0. The summed E-state index contributed by atoms with van der Waals surface area (Å²) in [4.78, 5) is 0. The summed E-state index contributed by atoms with van der Waals surface area (Å²) in [6.07, 6.45) is 1.14. The Morgan fingerprint density at radius 1 is 1.20 bits per heavy atom. The molecular weight excluding hydrogens is 140 g/mol. The van der Waals surface area contributed by atoms with E-state index in [9.17, 15) is 0 Å². The van der Waals surface area contributed by atoms with Crippen LogP contribution in [0.5, 0.6) is 0 Å². The van der Waals surface area contributed by atoms with Crippen molar-refractivity contribution in [3.8, 4) is 0 Å². The molecule has 0 N–H and O–H groups in total. The minimum Gasteiger partial charge on any atom is -0.173 e. The molecule has 0 amide bonds. The Bertz CT molecular complexity index is 56.9. The van der Waals surface area contributed by atoms with Crippen molar-refractivity contribution in [2.45, 2.75) is 52.7 Å². The van der Waals surface area contributed by atoms with Crippen molar-refractivity contribution in [2.75, 3.05) is 0 Å². The maximum Gasteiger partial charge on any atom is 0.00705 e. The van der Waals surface area contributed by atoms with E-state index in [2.05, 4.69) is 54.2 Å². The van der Waals surface area contributed by atoms with Crippen molar-refractivity contribution in [1.82, 2.24) is 0 Å². The highest BCUT2D eigenvalue weighted by molar-refractivity contribution is 7.81. The first-order chi connectivity index (χ1) is 4.29. The van der Waals surface area contributed by atoms with Crippen molar-refractivity contribution in [3.05, 3.63) is 0 Å². The Morgan fingerprint density at radius 2 is 1.30 bits per heavy atom. The lowest BCUT2D eigenvalue weighted by Gasteiger charge is -2.11. The maximum absolute atomic E-state index is 4.25. The van der Waals surface area contributed by atoms with Crippen LogP contribution in [0.1, 0.15) is 48.0 Å². The molecule has 0 radical (unpaired) electrons. The zero-order valence-corrected chi connectivity index (χ0v) is 9.13. The Balaban J connectivity index is 0. The predicted molar refractivity (Wildman–Crippen MR) is 53.9 cm³/mol. The van der Waals surface area contributed by atoms with Crippen LogP contribution in [0.2, 0.25) is 0 Å². The van der Waals surface area contributed by atoms with Gasteiger partial charge in [-0.05, 0) is 12.3 Å². The average molecular weight is 162 g/mol. The Kier molecular flexibility index (Phi) is 7.90. The van der Waals surface area contributed by atoms with E-state index >= 15 is 0 Å². The van der Waals surface area contributed by atoms with E-state index < -0.39 is 0 Å². The molecule has 0 unspecified atom stereocenters. The third-order valence-electron chi connectivity index (χ3n) is 0.865.